The predicted molar refractivity (Wildman–Crippen MR) is 157 cm³/mol. The smallest absolute Gasteiger partial charge is 0.270 e. The maximum absolute atomic E-state index is 6.94. The van der Waals surface area contributed by atoms with Gasteiger partial charge in [-0.25, -0.2) is 4.98 Å². The normalized spacial score (nSPS) is 18.0. The second-order valence-electron chi connectivity index (χ2n) is 9.80. The lowest BCUT2D eigenvalue weighted by Crippen LogP contribution is -2.32. The number of hydrogen-bond donors (Lipinski definition) is 0. The van der Waals surface area contributed by atoms with Crippen molar-refractivity contribution in [3.63, 3.8) is 0 Å². The maximum Gasteiger partial charge on any atom is 0.568 e. The molecule has 2 unspecified atom stereocenters. The highest BCUT2D eigenvalue weighted by atomic mass is 31.2. The van der Waals surface area contributed by atoms with Gasteiger partial charge in [-0.1, -0.05) is 74.0 Å². The summed E-state index contributed by atoms with van der Waals surface area (Å²) in [6.45, 7) is 4.20. The molecule has 1 aliphatic rings. The second-order valence-corrected chi connectivity index (χ2v) is 12.0. The largest absolute Gasteiger partial charge is 0.568 e. The highest BCUT2D eigenvalue weighted by molar-refractivity contribution is 7.63. The topological polar surface area (TPSA) is 71.3 Å². The van der Waals surface area contributed by atoms with Crippen LogP contribution in [0.1, 0.15) is 42.5 Å². The van der Waals surface area contributed by atoms with Crippen LogP contribution >= 0.6 is 7.94 Å². The number of para-hydroxylation sites is 3. The molecular formula is C32H32N4O3P+. The number of fused-ring (bicyclic) bond motifs is 1. The van der Waals surface area contributed by atoms with Crippen molar-refractivity contribution in [3.8, 4) is 28.8 Å². The second kappa shape index (κ2) is 11.5. The Hall–Kier alpha value is -4.22. The number of aromatic nitrogens is 4. The van der Waals surface area contributed by atoms with Crippen LogP contribution in [0.4, 0.5) is 0 Å². The van der Waals surface area contributed by atoms with E-state index in [-0.39, 0.29) is 0 Å². The molecule has 3 heterocycles. The fraction of sp³-hybridized carbons (Fsp3) is 0.219. The van der Waals surface area contributed by atoms with Gasteiger partial charge in [0.05, 0.1) is 0 Å². The molecule has 7 nitrogen and oxygen atoms in total. The first kappa shape index (κ1) is 26.0. The first-order valence-electron chi connectivity index (χ1n) is 13.7. The van der Waals surface area contributed by atoms with Gasteiger partial charge in [0.1, 0.15) is 5.69 Å². The van der Waals surface area contributed by atoms with E-state index in [1.54, 1.807) is 6.20 Å². The highest BCUT2D eigenvalue weighted by Crippen LogP contribution is 2.72. The SMILES string of the molecule is CCCCc1nc(-c2ccccn2)n(C2Cc3ccccc3O[P+]2(Oc2ccccc2)Oc2ccccc2C)n1. The Bertz CT molecular complexity index is 1580. The molecule has 0 amide bonds. The van der Waals surface area contributed by atoms with E-state index in [4.69, 9.17) is 23.7 Å². The molecule has 0 aliphatic carbocycles. The van der Waals surface area contributed by atoms with Crippen LogP contribution in [0.25, 0.3) is 11.5 Å². The molecule has 2 atom stereocenters. The molecule has 0 saturated carbocycles. The van der Waals surface area contributed by atoms with Crippen LogP contribution in [-0.2, 0) is 12.8 Å². The standard InChI is InChI=1S/C32H32N4O3P/c1-3-4-21-30-34-32(27-18-12-13-22-33-27)36(35-30)31-23-25-15-9-11-20-29(25)39-40(31,37-26-16-6-5-7-17-26)38-28-19-10-8-14-24(28)2/h5-20,22,31H,3-4,21,23H2,1-2H3/q+1. The van der Waals surface area contributed by atoms with E-state index in [1.807, 2.05) is 103 Å². The first-order chi connectivity index (χ1) is 19.6. The molecule has 0 fully saturated rings. The predicted octanol–water partition coefficient (Wildman–Crippen LogP) is 8.05. The molecule has 2 aromatic heterocycles. The number of aryl methyl sites for hydroxylation is 2. The van der Waals surface area contributed by atoms with E-state index in [2.05, 4.69) is 18.0 Å². The van der Waals surface area contributed by atoms with E-state index < -0.39 is 13.7 Å². The van der Waals surface area contributed by atoms with Gasteiger partial charge in [-0.3, -0.25) is 18.6 Å². The number of rotatable bonds is 9. The summed E-state index contributed by atoms with van der Waals surface area (Å²) in [4.78, 5) is 9.63. The molecule has 3 aromatic carbocycles. The minimum Gasteiger partial charge on any atom is -0.270 e. The van der Waals surface area contributed by atoms with Crippen molar-refractivity contribution >= 4 is 7.94 Å². The number of benzene rings is 3. The summed E-state index contributed by atoms with van der Waals surface area (Å²) < 4.78 is 22.6. The summed E-state index contributed by atoms with van der Waals surface area (Å²) in [5, 5.41) is 5.07. The van der Waals surface area contributed by atoms with E-state index >= 15 is 0 Å². The van der Waals surface area contributed by atoms with Gasteiger partial charge in [0.2, 0.25) is 0 Å². The molecule has 6 rings (SSSR count). The van der Waals surface area contributed by atoms with E-state index in [1.165, 1.54) is 0 Å². The zero-order valence-electron chi connectivity index (χ0n) is 22.7. The van der Waals surface area contributed by atoms with Crippen molar-refractivity contribution in [1.29, 1.82) is 0 Å². The van der Waals surface area contributed by atoms with Gasteiger partial charge >= 0.3 is 7.94 Å². The van der Waals surface area contributed by atoms with E-state index in [0.29, 0.717) is 23.7 Å². The molecule has 5 aromatic rings. The number of pyridine rings is 1. The van der Waals surface area contributed by atoms with Crippen LogP contribution in [0.15, 0.2) is 103 Å². The molecule has 202 valence electrons. The monoisotopic (exact) mass is 551 g/mol. The Morgan fingerprint density at radius 1 is 0.900 bits per heavy atom. The van der Waals surface area contributed by atoms with Gasteiger partial charge < -0.3 is 0 Å². The molecule has 0 saturated heterocycles. The molecule has 40 heavy (non-hydrogen) atoms. The highest BCUT2D eigenvalue weighted by Gasteiger charge is 2.63. The molecule has 0 bridgehead atoms. The Kier molecular flexibility index (Phi) is 7.47. The van der Waals surface area contributed by atoms with Gasteiger partial charge in [0.15, 0.2) is 28.9 Å². The van der Waals surface area contributed by atoms with Crippen LogP contribution in [0.2, 0.25) is 0 Å². The molecular weight excluding hydrogens is 519 g/mol. The third-order valence-electron chi connectivity index (χ3n) is 6.87. The van der Waals surface area contributed by atoms with Crippen LogP contribution in [-0.4, -0.2) is 19.7 Å². The molecule has 0 radical (unpaired) electrons. The molecule has 8 heteroatoms. The Balaban J connectivity index is 1.56. The minimum atomic E-state index is -3.25. The third kappa shape index (κ3) is 5.30. The fourth-order valence-electron chi connectivity index (χ4n) is 4.78. The Morgan fingerprint density at radius 2 is 1.68 bits per heavy atom. The van der Waals surface area contributed by atoms with Crippen molar-refractivity contribution in [2.75, 3.05) is 0 Å². The summed E-state index contributed by atoms with van der Waals surface area (Å²) in [5.74, 6) is 3.15. The zero-order valence-corrected chi connectivity index (χ0v) is 23.6. The van der Waals surface area contributed by atoms with Gasteiger partial charge in [-0.2, -0.15) is 9.78 Å². The molecule has 0 N–H and O–H groups in total. The number of nitrogens with zero attached hydrogens (tertiary/aromatic N) is 4. The van der Waals surface area contributed by atoms with Gasteiger partial charge in [-0.15, -0.1) is 0 Å². The number of unbranched alkanes of at least 4 members (excludes halogenated alkanes) is 1. The van der Waals surface area contributed by atoms with Gasteiger partial charge in [0, 0.05) is 24.6 Å². The summed E-state index contributed by atoms with van der Waals surface area (Å²) in [6, 6.07) is 31.6. The average molecular weight is 552 g/mol. The quantitative estimate of drug-likeness (QED) is 0.173. The van der Waals surface area contributed by atoms with Crippen molar-refractivity contribution in [2.24, 2.45) is 0 Å². The summed E-state index contributed by atoms with van der Waals surface area (Å²) in [6.07, 6.45) is 5.20. The van der Waals surface area contributed by atoms with Gasteiger partial charge in [-0.05, 0) is 55.3 Å². The molecule has 0 spiro atoms. The van der Waals surface area contributed by atoms with Crippen molar-refractivity contribution in [1.82, 2.24) is 19.7 Å². The van der Waals surface area contributed by atoms with Crippen LogP contribution in [0.3, 0.4) is 0 Å². The number of hydrogen-bond acceptors (Lipinski definition) is 6. The van der Waals surface area contributed by atoms with Crippen molar-refractivity contribution in [2.45, 2.75) is 45.3 Å². The summed E-state index contributed by atoms with van der Waals surface area (Å²) in [7, 11) is -3.25. The average Bonchev–Trinajstić information content (AvgIpc) is 3.42. The van der Waals surface area contributed by atoms with E-state index in [9.17, 15) is 0 Å². The van der Waals surface area contributed by atoms with Crippen molar-refractivity contribution in [3.05, 3.63) is 120 Å². The lowest BCUT2D eigenvalue weighted by Gasteiger charge is -2.33. The summed E-state index contributed by atoms with van der Waals surface area (Å²) >= 11 is 0. The lowest BCUT2D eigenvalue weighted by atomic mass is 10.1. The molecule has 1 aliphatic heterocycles. The Morgan fingerprint density at radius 3 is 2.48 bits per heavy atom. The lowest BCUT2D eigenvalue weighted by molar-refractivity contribution is 0.300. The van der Waals surface area contributed by atoms with Crippen LogP contribution in [0, 0.1) is 6.92 Å². The Labute approximate surface area is 235 Å². The van der Waals surface area contributed by atoms with Crippen molar-refractivity contribution < 1.29 is 13.6 Å². The third-order valence-corrected chi connectivity index (χ3v) is 9.37. The van der Waals surface area contributed by atoms with Crippen LogP contribution in [0.5, 0.6) is 17.2 Å². The zero-order chi connectivity index (χ0) is 27.4. The minimum absolute atomic E-state index is 0.429. The van der Waals surface area contributed by atoms with E-state index in [0.717, 1.165) is 47.7 Å². The maximum atomic E-state index is 6.94. The summed E-state index contributed by atoms with van der Waals surface area (Å²) in [5.41, 5.74) is 2.79. The van der Waals surface area contributed by atoms with Crippen LogP contribution < -0.4 is 13.6 Å². The fourth-order valence-corrected chi connectivity index (χ4v) is 7.45. The van der Waals surface area contributed by atoms with Gasteiger partial charge in [0.25, 0.3) is 5.78 Å². The first-order valence-corrected chi connectivity index (χ1v) is 15.3.